The second-order valence-corrected chi connectivity index (χ2v) is 5.92. The Balaban J connectivity index is 1.98. The molecule has 128 valence electrons. The molecule has 0 aliphatic rings. The molecule has 0 unspecified atom stereocenters. The molecule has 0 fully saturated rings. The lowest BCUT2D eigenvalue weighted by atomic mass is 10.1. The molecular formula is C18H14NO5S-. The maximum atomic E-state index is 11.5. The van der Waals surface area contributed by atoms with Crippen LogP contribution >= 0.6 is 11.8 Å². The van der Waals surface area contributed by atoms with Crippen LogP contribution in [-0.2, 0) is 4.79 Å². The molecule has 0 saturated heterocycles. The van der Waals surface area contributed by atoms with Gasteiger partial charge in [-0.05, 0) is 36.0 Å². The smallest absolute Gasteiger partial charge is 0.261 e. The zero-order valence-electron chi connectivity index (χ0n) is 13.5. The molecule has 7 heteroatoms. The largest absolute Gasteiger partial charge is 0.544 e. The summed E-state index contributed by atoms with van der Waals surface area (Å²) in [4.78, 5) is 15.7. The van der Waals surface area contributed by atoms with Crippen LogP contribution in [0.25, 0.3) is 17.2 Å². The lowest BCUT2D eigenvalue weighted by molar-refractivity contribution is -0.298. The van der Waals surface area contributed by atoms with E-state index < -0.39 is 5.97 Å². The lowest BCUT2D eigenvalue weighted by Gasteiger charge is -2.12. The van der Waals surface area contributed by atoms with E-state index in [0.717, 1.165) is 11.8 Å². The number of carboxylic acids is 1. The van der Waals surface area contributed by atoms with Gasteiger partial charge in [-0.3, -0.25) is 0 Å². The Morgan fingerprint density at radius 2 is 1.96 bits per heavy atom. The van der Waals surface area contributed by atoms with Crippen LogP contribution < -0.4 is 14.6 Å². The molecule has 0 aliphatic heterocycles. The number of methoxy groups -OCH3 is 2. The first-order chi connectivity index (χ1) is 12.1. The Bertz CT molecular complexity index is 915. The Morgan fingerprint density at radius 3 is 2.64 bits per heavy atom. The number of nitrogens with zero attached hydrogens (tertiary/aromatic N) is 1. The molecule has 0 radical (unpaired) electrons. The van der Waals surface area contributed by atoms with Gasteiger partial charge in [-0.25, -0.2) is 4.98 Å². The summed E-state index contributed by atoms with van der Waals surface area (Å²) in [7, 11) is 3.00. The minimum atomic E-state index is -1.34. The molecule has 0 aliphatic carbocycles. The fraction of sp³-hybridized carbons (Fsp3) is 0.111. The quantitative estimate of drug-likeness (QED) is 0.496. The normalized spacial score (nSPS) is 11.5. The molecule has 25 heavy (non-hydrogen) atoms. The van der Waals surface area contributed by atoms with Gasteiger partial charge in [0.05, 0.1) is 20.2 Å². The Morgan fingerprint density at radius 1 is 1.16 bits per heavy atom. The molecule has 0 spiro atoms. The van der Waals surface area contributed by atoms with Crippen molar-refractivity contribution < 1.29 is 23.8 Å². The van der Waals surface area contributed by atoms with Gasteiger partial charge in [0, 0.05) is 10.5 Å². The van der Waals surface area contributed by atoms with Crippen molar-refractivity contribution in [2.45, 2.75) is 5.22 Å². The van der Waals surface area contributed by atoms with Crippen LogP contribution in [0, 0.1) is 0 Å². The molecule has 6 nitrogen and oxygen atoms in total. The number of ether oxygens (including phenoxy) is 2. The minimum Gasteiger partial charge on any atom is -0.544 e. The average Bonchev–Trinajstić information content (AvgIpc) is 3.03. The number of carboxylic acid groups (broad SMARTS) is 1. The van der Waals surface area contributed by atoms with Crippen LogP contribution in [0.2, 0.25) is 0 Å². The number of para-hydroxylation sites is 3. The summed E-state index contributed by atoms with van der Waals surface area (Å²) < 4.78 is 16.1. The number of benzene rings is 2. The molecule has 0 N–H and O–H groups in total. The van der Waals surface area contributed by atoms with E-state index in [4.69, 9.17) is 13.9 Å². The summed E-state index contributed by atoms with van der Waals surface area (Å²) in [5, 5.41) is 11.8. The van der Waals surface area contributed by atoms with E-state index in [0.29, 0.717) is 28.2 Å². The number of aromatic nitrogens is 1. The van der Waals surface area contributed by atoms with Crippen LogP contribution in [0.3, 0.4) is 0 Å². The maximum absolute atomic E-state index is 11.5. The van der Waals surface area contributed by atoms with Gasteiger partial charge in [-0.1, -0.05) is 24.3 Å². The van der Waals surface area contributed by atoms with Crippen LogP contribution in [0.4, 0.5) is 0 Å². The third kappa shape index (κ3) is 3.61. The van der Waals surface area contributed by atoms with E-state index in [9.17, 15) is 9.90 Å². The molecule has 0 bridgehead atoms. The third-order valence-corrected chi connectivity index (χ3v) is 4.25. The average molecular weight is 356 g/mol. The predicted molar refractivity (Wildman–Crippen MR) is 92.4 cm³/mol. The first-order valence-electron chi connectivity index (χ1n) is 7.30. The van der Waals surface area contributed by atoms with Gasteiger partial charge in [0.15, 0.2) is 17.1 Å². The second kappa shape index (κ2) is 7.31. The lowest BCUT2D eigenvalue weighted by Crippen LogP contribution is -2.23. The van der Waals surface area contributed by atoms with Gasteiger partial charge in [0.2, 0.25) is 0 Å². The highest BCUT2D eigenvalue weighted by molar-refractivity contribution is 8.03. The molecule has 0 saturated carbocycles. The van der Waals surface area contributed by atoms with E-state index in [2.05, 4.69) is 4.98 Å². The molecule has 3 aromatic rings. The van der Waals surface area contributed by atoms with Gasteiger partial charge in [-0.2, -0.15) is 0 Å². The van der Waals surface area contributed by atoms with Gasteiger partial charge in [0.25, 0.3) is 5.22 Å². The van der Waals surface area contributed by atoms with Crippen molar-refractivity contribution in [1.82, 2.24) is 4.98 Å². The molecule has 2 aromatic carbocycles. The van der Waals surface area contributed by atoms with E-state index in [1.807, 2.05) is 12.1 Å². The SMILES string of the molecule is COc1cccc(/C=C(\Sc2nc3ccccc3o2)C(=O)[O-])c1OC. The fourth-order valence-electron chi connectivity index (χ4n) is 2.29. The Hall–Kier alpha value is -2.93. The molecule has 1 heterocycles. The number of aliphatic carboxylic acids is 1. The Labute approximate surface area is 148 Å². The number of carbonyl (C=O) groups is 1. The minimum absolute atomic E-state index is 0.0573. The number of hydrogen-bond acceptors (Lipinski definition) is 7. The summed E-state index contributed by atoms with van der Waals surface area (Å²) >= 11 is 0.875. The number of rotatable bonds is 6. The number of thioether (sulfide) groups is 1. The van der Waals surface area contributed by atoms with Crippen molar-refractivity contribution in [3.8, 4) is 11.5 Å². The van der Waals surface area contributed by atoms with Crippen LogP contribution in [0.15, 0.2) is 57.0 Å². The highest BCUT2D eigenvalue weighted by Crippen LogP contribution is 2.35. The topological polar surface area (TPSA) is 84.6 Å². The molecular weight excluding hydrogens is 342 g/mol. The van der Waals surface area contributed by atoms with Crippen LogP contribution in [-0.4, -0.2) is 25.2 Å². The van der Waals surface area contributed by atoms with Crippen molar-refractivity contribution in [1.29, 1.82) is 0 Å². The highest BCUT2D eigenvalue weighted by atomic mass is 32.2. The fourth-order valence-corrected chi connectivity index (χ4v) is 3.02. The number of fused-ring (bicyclic) bond motifs is 1. The predicted octanol–water partition coefficient (Wildman–Crippen LogP) is 2.73. The van der Waals surface area contributed by atoms with E-state index in [1.54, 1.807) is 30.3 Å². The maximum Gasteiger partial charge on any atom is 0.261 e. The molecule has 3 rings (SSSR count). The number of hydrogen-bond donors (Lipinski definition) is 0. The standard InChI is InChI=1S/C18H15NO5S/c1-22-14-9-5-6-11(16(14)23-2)10-15(17(20)21)25-18-19-12-7-3-4-8-13(12)24-18/h3-10H,1-2H3,(H,20,21)/p-1/b15-10-. The van der Waals surface area contributed by atoms with Crippen LogP contribution in [0.5, 0.6) is 11.5 Å². The number of carbonyl (C=O) groups excluding carboxylic acids is 1. The van der Waals surface area contributed by atoms with Gasteiger partial charge in [-0.15, -0.1) is 0 Å². The zero-order valence-corrected chi connectivity index (χ0v) is 14.3. The summed E-state index contributed by atoms with van der Waals surface area (Å²) in [6.45, 7) is 0. The summed E-state index contributed by atoms with van der Waals surface area (Å²) in [5.41, 5.74) is 1.79. The summed E-state index contributed by atoms with van der Waals surface area (Å²) in [6.07, 6.45) is 1.44. The van der Waals surface area contributed by atoms with Gasteiger partial charge in [0.1, 0.15) is 5.52 Å². The van der Waals surface area contributed by atoms with E-state index >= 15 is 0 Å². The zero-order chi connectivity index (χ0) is 17.8. The van der Waals surface area contributed by atoms with E-state index in [1.165, 1.54) is 20.3 Å². The summed E-state index contributed by atoms with van der Waals surface area (Å²) in [6, 6.07) is 12.4. The molecule has 0 atom stereocenters. The van der Waals surface area contributed by atoms with Crippen LogP contribution in [0.1, 0.15) is 5.56 Å². The van der Waals surface area contributed by atoms with Gasteiger partial charge < -0.3 is 23.8 Å². The van der Waals surface area contributed by atoms with Crippen molar-refractivity contribution in [2.24, 2.45) is 0 Å². The third-order valence-electron chi connectivity index (χ3n) is 3.39. The monoisotopic (exact) mass is 356 g/mol. The molecule has 0 amide bonds. The van der Waals surface area contributed by atoms with Crippen molar-refractivity contribution in [3.05, 3.63) is 52.9 Å². The first-order valence-corrected chi connectivity index (χ1v) is 8.11. The van der Waals surface area contributed by atoms with Gasteiger partial charge >= 0.3 is 0 Å². The second-order valence-electron chi connectivity index (χ2n) is 4.93. The molecule has 1 aromatic heterocycles. The number of oxazole rings is 1. The summed E-state index contributed by atoms with van der Waals surface area (Å²) in [5.74, 6) is -0.403. The first kappa shape index (κ1) is 16.9. The van der Waals surface area contributed by atoms with Crippen molar-refractivity contribution in [2.75, 3.05) is 14.2 Å². The highest BCUT2D eigenvalue weighted by Gasteiger charge is 2.13. The Kier molecular flexibility index (Phi) is 4.95. The van der Waals surface area contributed by atoms with Crippen molar-refractivity contribution >= 4 is 34.9 Å². The van der Waals surface area contributed by atoms with E-state index in [-0.39, 0.29) is 10.1 Å². The van der Waals surface area contributed by atoms with Crippen molar-refractivity contribution in [3.63, 3.8) is 0 Å².